The van der Waals surface area contributed by atoms with Crippen molar-refractivity contribution in [1.82, 2.24) is 15.1 Å². The summed E-state index contributed by atoms with van der Waals surface area (Å²) < 4.78 is 0. The number of amides is 1. The van der Waals surface area contributed by atoms with Crippen molar-refractivity contribution in [3.05, 3.63) is 0 Å². The maximum absolute atomic E-state index is 12.3. The van der Waals surface area contributed by atoms with Crippen molar-refractivity contribution in [1.29, 1.82) is 0 Å². The number of hydrogen-bond acceptors (Lipinski definition) is 3. The highest BCUT2D eigenvalue weighted by molar-refractivity contribution is 5.79. The summed E-state index contributed by atoms with van der Waals surface area (Å²) in [5, 5.41) is 3.44. The molecule has 3 fully saturated rings. The van der Waals surface area contributed by atoms with E-state index in [4.69, 9.17) is 0 Å². The molecule has 108 valence electrons. The Kier molecular flexibility index (Phi) is 4.38. The second-order valence-electron chi connectivity index (χ2n) is 6.32. The zero-order valence-corrected chi connectivity index (χ0v) is 11.9. The lowest BCUT2D eigenvalue weighted by atomic mass is 9.84. The predicted octanol–water partition coefficient (Wildman–Crippen LogP) is 1.07. The Balaban J connectivity index is 1.51. The largest absolute Gasteiger partial charge is 0.341 e. The van der Waals surface area contributed by atoms with Gasteiger partial charge in [0.1, 0.15) is 0 Å². The van der Waals surface area contributed by atoms with Gasteiger partial charge >= 0.3 is 0 Å². The molecule has 0 atom stereocenters. The minimum absolute atomic E-state index is 0.366. The SMILES string of the molecule is O=C(C1CCC1)N1CCCN(C2CCNCC2)CC1. The van der Waals surface area contributed by atoms with Crippen molar-refractivity contribution in [2.24, 2.45) is 5.92 Å². The van der Waals surface area contributed by atoms with E-state index >= 15 is 0 Å². The fourth-order valence-electron chi connectivity index (χ4n) is 3.61. The van der Waals surface area contributed by atoms with E-state index in [1.807, 2.05) is 0 Å². The number of hydrogen-bond donors (Lipinski definition) is 1. The first-order valence-electron chi connectivity index (χ1n) is 8.08. The highest BCUT2D eigenvalue weighted by Gasteiger charge is 2.31. The van der Waals surface area contributed by atoms with Gasteiger partial charge in [0.15, 0.2) is 0 Å². The number of nitrogens with zero attached hydrogens (tertiary/aromatic N) is 2. The van der Waals surface area contributed by atoms with E-state index in [1.165, 1.54) is 25.8 Å². The molecule has 0 spiro atoms. The molecule has 0 aromatic carbocycles. The molecule has 19 heavy (non-hydrogen) atoms. The fourth-order valence-corrected chi connectivity index (χ4v) is 3.61. The quantitative estimate of drug-likeness (QED) is 0.811. The van der Waals surface area contributed by atoms with Gasteiger partial charge < -0.3 is 10.2 Å². The molecule has 1 saturated carbocycles. The Labute approximate surface area is 116 Å². The lowest BCUT2D eigenvalue weighted by Gasteiger charge is -2.34. The topological polar surface area (TPSA) is 35.6 Å². The van der Waals surface area contributed by atoms with Crippen LogP contribution in [0.2, 0.25) is 0 Å². The smallest absolute Gasteiger partial charge is 0.225 e. The molecule has 1 aliphatic carbocycles. The highest BCUT2D eigenvalue weighted by Crippen LogP contribution is 2.28. The molecule has 2 aliphatic heterocycles. The van der Waals surface area contributed by atoms with Crippen molar-refractivity contribution in [2.45, 2.75) is 44.6 Å². The minimum atomic E-state index is 0.366. The van der Waals surface area contributed by atoms with Gasteiger partial charge in [0.2, 0.25) is 5.91 Å². The van der Waals surface area contributed by atoms with E-state index in [2.05, 4.69) is 15.1 Å². The summed E-state index contributed by atoms with van der Waals surface area (Å²) in [5.41, 5.74) is 0. The van der Waals surface area contributed by atoms with Gasteiger partial charge in [0, 0.05) is 38.1 Å². The third kappa shape index (κ3) is 3.11. The predicted molar refractivity (Wildman–Crippen MR) is 76.0 cm³/mol. The average Bonchev–Trinajstić information content (AvgIpc) is 2.63. The Morgan fingerprint density at radius 3 is 2.37 bits per heavy atom. The monoisotopic (exact) mass is 265 g/mol. The van der Waals surface area contributed by atoms with Crippen LogP contribution in [0.5, 0.6) is 0 Å². The van der Waals surface area contributed by atoms with E-state index in [1.54, 1.807) is 0 Å². The Bertz CT molecular complexity index is 311. The van der Waals surface area contributed by atoms with Gasteiger partial charge in [-0.15, -0.1) is 0 Å². The summed E-state index contributed by atoms with van der Waals surface area (Å²) in [6.07, 6.45) is 7.22. The Hall–Kier alpha value is -0.610. The maximum atomic E-state index is 12.3. The lowest BCUT2D eigenvalue weighted by molar-refractivity contribution is -0.138. The number of rotatable bonds is 2. The first kappa shape index (κ1) is 13.4. The standard InChI is InChI=1S/C15H27N3O/c19-15(13-3-1-4-13)18-10-2-9-17(11-12-18)14-5-7-16-8-6-14/h13-14,16H,1-12H2. The van der Waals surface area contributed by atoms with Crippen molar-refractivity contribution in [3.8, 4) is 0 Å². The molecule has 1 N–H and O–H groups in total. The number of carbonyl (C=O) groups is 1. The average molecular weight is 265 g/mol. The summed E-state index contributed by atoms with van der Waals surface area (Å²) in [4.78, 5) is 17.1. The molecular formula is C15H27N3O. The first-order chi connectivity index (χ1) is 9.34. The zero-order chi connectivity index (χ0) is 13.1. The van der Waals surface area contributed by atoms with Crippen molar-refractivity contribution < 1.29 is 4.79 Å². The van der Waals surface area contributed by atoms with Crippen LogP contribution < -0.4 is 5.32 Å². The molecule has 2 heterocycles. The fraction of sp³-hybridized carbons (Fsp3) is 0.933. The van der Waals surface area contributed by atoms with E-state index in [9.17, 15) is 4.79 Å². The molecule has 0 aromatic rings. The van der Waals surface area contributed by atoms with Crippen LogP contribution in [-0.2, 0) is 4.79 Å². The van der Waals surface area contributed by atoms with Gasteiger partial charge in [-0.2, -0.15) is 0 Å². The van der Waals surface area contributed by atoms with Crippen LogP contribution in [0.25, 0.3) is 0 Å². The number of nitrogens with one attached hydrogen (secondary N) is 1. The van der Waals surface area contributed by atoms with Gasteiger partial charge in [0.05, 0.1) is 0 Å². The summed E-state index contributed by atoms with van der Waals surface area (Å²) in [7, 11) is 0. The molecule has 3 aliphatic rings. The molecular weight excluding hydrogens is 238 g/mol. The van der Waals surface area contributed by atoms with Crippen molar-refractivity contribution in [3.63, 3.8) is 0 Å². The van der Waals surface area contributed by atoms with E-state index < -0.39 is 0 Å². The molecule has 2 saturated heterocycles. The van der Waals surface area contributed by atoms with E-state index in [0.29, 0.717) is 11.8 Å². The van der Waals surface area contributed by atoms with Gasteiger partial charge in [-0.05, 0) is 45.2 Å². The van der Waals surface area contributed by atoms with Crippen molar-refractivity contribution in [2.75, 3.05) is 39.3 Å². The van der Waals surface area contributed by atoms with Crippen LogP contribution in [0.15, 0.2) is 0 Å². The minimum Gasteiger partial charge on any atom is -0.341 e. The maximum Gasteiger partial charge on any atom is 0.225 e. The first-order valence-corrected chi connectivity index (χ1v) is 8.08. The Morgan fingerprint density at radius 1 is 0.895 bits per heavy atom. The van der Waals surface area contributed by atoms with Gasteiger partial charge in [-0.1, -0.05) is 6.42 Å². The molecule has 0 aromatic heterocycles. The molecule has 0 bridgehead atoms. The van der Waals surface area contributed by atoms with Crippen LogP contribution in [-0.4, -0.2) is 61.0 Å². The molecule has 3 rings (SSSR count). The van der Waals surface area contributed by atoms with Crippen LogP contribution in [0, 0.1) is 5.92 Å². The van der Waals surface area contributed by atoms with Crippen LogP contribution >= 0.6 is 0 Å². The van der Waals surface area contributed by atoms with E-state index in [0.717, 1.165) is 58.0 Å². The summed E-state index contributed by atoms with van der Waals surface area (Å²) in [6, 6.07) is 0.750. The van der Waals surface area contributed by atoms with Crippen LogP contribution in [0.4, 0.5) is 0 Å². The summed E-state index contributed by atoms with van der Waals surface area (Å²) in [5.74, 6) is 0.809. The summed E-state index contributed by atoms with van der Waals surface area (Å²) in [6.45, 7) is 6.52. The highest BCUT2D eigenvalue weighted by atomic mass is 16.2. The zero-order valence-electron chi connectivity index (χ0n) is 11.9. The van der Waals surface area contributed by atoms with E-state index in [-0.39, 0.29) is 0 Å². The lowest BCUT2D eigenvalue weighted by Crippen LogP contribution is -2.45. The molecule has 0 radical (unpaired) electrons. The molecule has 4 heteroatoms. The summed E-state index contributed by atoms with van der Waals surface area (Å²) >= 11 is 0. The molecule has 0 unspecified atom stereocenters. The second-order valence-corrected chi connectivity index (χ2v) is 6.32. The van der Waals surface area contributed by atoms with Gasteiger partial charge in [-0.3, -0.25) is 9.69 Å². The number of carbonyl (C=O) groups excluding carboxylic acids is 1. The second kappa shape index (κ2) is 6.23. The third-order valence-corrected chi connectivity index (χ3v) is 5.12. The van der Waals surface area contributed by atoms with Crippen LogP contribution in [0.1, 0.15) is 38.5 Å². The third-order valence-electron chi connectivity index (χ3n) is 5.12. The normalized spacial score (nSPS) is 27.9. The van der Waals surface area contributed by atoms with Crippen molar-refractivity contribution >= 4 is 5.91 Å². The molecule has 1 amide bonds. The van der Waals surface area contributed by atoms with Gasteiger partial charge in [0.25, 0.3) is 0 Å². The van der Waals surface area contributed by atoms with Crippen LogP contribution in [0.3, 0.4) is 0 Å². The molecule has 4 nitrogen and oxygen atoms in total. The van der Waals surface area contributed by atoms with Gasteiger partial charge in [-0.25, -0.2) is 0 Å². The Morgan fingerprint density at radius 2 is 1.68 bits per heavy atom. The number of piperidine rings is 1.